The molecule has 2 aromatic rings. The largest absolute Gasteiger partial charge is 0.326 e. The number of rotatable bonds is 6. The second-order valence-corrected chi connectivity index (χ2v) is 5.59. The first kappa shape index (κ1) is 16.3. The van der Waals surface area contributed by atoms with Crippen LogP contribution in [0.5, 0.6) is 0 Å². The highest BCUT2D eigenvalue weighted by molar-refractivity contribution is 6.33. The molecule has 0 fully saturated rings. The van der Waals surface area contributed by atoms with Crippen molar-refractivity contribution in [2.75, 3.05) is 25.5 Å². The standard InChI is InChI=1S/C18H19ClN2O/c1-21(13-7-10-15-8-3-2-4-9-15)14-18(22)20-17-12-6-5-11-16(17)19/h2-12H,13-14H2,1H3,(H,20,22)/p+1/b10-7+. The summed E-state index contributed by atoms with van der Waals surface area (Å²) in [6.07, 6.45) is 4.14. The van der Waals surface area contributed by atoms with Gasteiger partial charge in [-0.15, -0.1) is 0 Å². The van der Waals surface area contributed by atoms with Crippen LogP contribution in [0.15, 0.2) is 60.7 Å². The van der Waals surface area contributed by atoms with Crippen LogP contribution in [-0.4, -0.2) is 26.0 Å². The Labute approximate surface area is 136 Å². The molecule has 0 bridgehead atoms. The van der Waals surface area contributed by atoms with Crippen molar-refractivity contribution in [1.29, 1.82) is 0 Å². The number of halogens is 1. The summed E-state index contributed by atoms with van der Waals surface area (Å²) in [5, 5.41) is 3.39. The van der Waals surface area contributed by atoms with Gasteiger partial charge >= 0.3 is 0 Å². The lowest BCUT2D eigenvalue weighted by atomic mass is 10.2. The summed E-state index contributed by atoms with van der Waals surface area (Å²) in [5.41, 5.74) is 1.82. The SMILES string of the molecule is C[NH+](C/C=C/c1ccccc1)CC(=O)Nc1ccccc1Cl. The fourth-order valence-corrected chi connectivity index (χ4v) is 2.25. The van der Waals surface area contributed by atoms with Gasteiger partial charge < -0.3 is 10.2 Å². The van der Waals surface area contributed by atoms with E-state index in [0.29, 0.717) is 17.3 Å². The van der Waals surface area contributed by atoms with Gasteiger partial charge in [-0.1, -0.05) is 60.1 Å². The molecule has 0 radical (unpaired) electrons. The fourth-order valence-electron chi connectivity index (χ4n) is 2.06. The van der Waals surface area contributed by atoms with Gasteiger partial charge in [0.15, 0.2) is 6.54 Å². The van der Waals surface area contributed by atoms with Gasteiger partial charge in [-0.05, 0) is 23.8 Å². The maximum atomic E-state index is 12.0. The minimum atomic E-state index is -0.0429. The predicted molar refractivity (Wildman–Crippen MR) is 92.2 cm³/mol. The van der Waals surface area contributed by atoms with E-state index < -0.39 is 0 Å². The lowest BCUT2D eigenvalue weighted by molar-refractivity contribution is -0.864. The molecule has 1 atom stereocenters. The summed E-state index contributed by atoms with van der Waals surface area (Å²) in [5.74, 6) is -0.0429. The zero-order valence-electron chi connectivity index (χ0n) is 12.6. The van der Waals surface area contributed by atoms with E-state index in [4.69, 9.17) is 11.6 Å². The zero-order valence-corrected chi connectivity index (χ0v) is 13.3. The normalized spacial score (nSPS) is 12.3. The van der Waals surface area contributed by atoms with Crippen LogP contribution in [0.25, 0.3) is 6.08 Å². The first-order valence-electron chi connectivity index (χ1n) is 7.22. The first-order chi connectivity index (χ1) is 10.6. The Kier molecular flexibility index (Phi) is 6.19. The molecule has 4 heteroatoms. The number of anilines is 1. The molecule has 0 aromatic heterocycles. The summed E-state index contributed by atoms with van der Waals surface area (Å²) >= 11 is 6.02. The summed E-state index contributed by atoms with van der Waals surface area (Å²) < 4.78 is 0. The second-order valence-electron chi connectivity index (χ2n) is 5.18. The molecule has 0 spiro atoms. The average Bonchev–Trinajstić information content (AvgIpc) is 2.50. The molecule has 114 valence electrons. The highest BCUT2D eigenvalue weighted by Crippen LogP contribution is 2.19. The molecule has 0 saturated heterocycles. The van der Waals surface area contributed by atoms with Crippen LogP contribution < -0.4 is 10.2 Å². The van der Waals surface area contributed by atoms with Crippen molar-refractivity contribution in [3.8, 4) is 0 Å². The van der Waals surface area contributed by atoms with E-state index in [-0.39, 0.29) is 5.91 Å². The number of carbonyl (C=O) groups is 1. The third-order valence-corrected chi connectivity index (χ3v) is 3.52. The summed E-state index contributed by atoms with van der Waals surface area (Å²) in [6, 6.07) is 17.4. The summed E-state index contributed by atoms with van der Waals surface area (Å²) in [6.45, 7) is 1.18. The van der Waals surface area contributed by atoms with E-state index in [1.165, 1.54) is 0 Å². The van der Waals surface area contributed by atoms with Crippen molar-refractivity contribution >= 4 is 29.3 Å². The van der Waals surface area contributed by atoms with E-state index >= 15 is 0 Å². The average molecular weight is 316 g/mol. The molecular formula is C18H20ClN2O+. The number of likely N-dealkylation sites (N-methyl/N-ethyl adjacent to an activating group) is 1. The van der Waals surface area contributed by atoms with Gasteiger partial charge in [-0.3, -0.25) is 4.79 Å². The highest BCUT2D eigenvalue weighted by Gasteiger charge is 2.10. The Hall–Kier alpha value is -2.10. The monoisotopic (exact) mass is 315 g/mol. The number of para-hydroxylation sites is 1. The fraction of sp³-hybridized carbons (Fsp3) is 0.167. The lowest BCUT2D eigenvalue weighted by Crippen LogP contribution is -3.09. The Balaban J connectivity index is 1.79. The topological polar surface area (TPSA) is 33.5 Å². The Bertz CT molecular complexity index is 641. The van der Waals surface area contributed by atoms with Crippen molar-refractivity contribution in [1.82, 2.24) is 0 Å². The van der Waals surface area contributed by atoms with Crippen LogP contribution in [-0.2, 0) is 4.79 Å². The molecule has 3 nitrogen and oxygen atoms in total. The van der Waals surface area contributed by atoms with Crippen LogP contribution in [0.2, 0.25) is 5.02 Å². The van der Waals surface area contributed by atoms with E-state index in [9.17, 15) is 4.79 Å². The van der Waals surface area contributed by atoms with Crippen LogP contribution in [0, 0.1) is 0 Å². The number of amides is 1. The molecule has 2 aromatic carbocycles. The van der Waals surface area contributed by atoms with Gasteiger partial charge in [0.25, 0.3) is 5.91 Å². The molecule has 0 aliphatic rings. The third kappa shape index (κ3) is 5.35. The molecule has 0 aliphatic carbocycles. The number of quaternary nitrogens is 1. The first-order valence-corrected chi connectivity index (χ1v) is 7.60. The molecule has 22 heavy (non-hydrogen) atoms. The van der Waals surface area contributed by atoms with Gasteiger partial charge in [0.1, 0.15) is 0 Å². The summed E-state index contributed by atoms with van der Waals surface area (Å²) in [7, 11) is 1.99. The van der Waals surface area contributed by atoms with Crippen LogP contribution >= 0.6 is 11.6 Å². The molecule has 1 unspecified atom stereocenters. The van der Waals surface area contributed by atoms with Gasteiger partial charge in [0.05, 0.1) is 24.3 Å². The number of hydrogen-bond acceptors (Lipinski definition) is 1. The number of nitrogens with one attached hydrogen (secondary N) is 2. The molecule has 0 heterocycles. The van der Waals surface area contributed by atoms with E-state index in [2.05, 4.69) is 29.6 Å². The van der Waals surface area contributed by atoms with Crippen molar-refractivity contribution in [2.45, 2.75) is 0 Å². The van der Waals surface area contributed by atoms with Crippen molar-refractivity contribution in [2.24, 2.45) is 0 Å². The minimum absolute atomic E-state index is 0.0429. The van der Waals surface area contributed by atoms with Crippen molar-refractivity contribution in [3.05, 3.63) is 71.3 Å². The molecule has 0 aliphatic heterocycles. The number of benzene rings is 2. The van der Waals surface area contributed by atoms with Crippen LogP contribution in [0.3, 0.4) is 0 Å². The van der Waals surface area contributed by atoms with E-state index in [1.807, 2.05) is 37.4 Å². The van der Waals surface area contributed by atoms with Gasteiger partial charge in [0, 0.05) is 0 Å². The molecule has 1 amide bonds. The van der Waals surface area contributed by atoms with Gasteiger partial charge in [0.2, 0.25) is 0 Å². The maximum Gasteiger partial charge on any atom is 0.279 e. The van der Waals surface area contributed by atoms with Crippen LogP contribution in [0.1, 0.15) is 5.56 Å². The molecular weight excluding hydrogens is 296 g/mol. The van der Waals surface area contributed by atoms with Gasteiger partial charge in [-0.2, -0.15) is 0 Å². The third-order valence-electron chi connectivity index (χ3n) is 3.19. The quantitative estimate of drug-likeness (QED) is 0.844. The number of carbonyl (C=O) groups excluding carboxylic acids is 1. The molecule has 0 saturated carbocycles. The maximum absolute atomic E-state index is 12.0. The highest BCUT2D eigenvalue weighted by atomic mass is 35.5. The van der Waals surface area contributed by atoms with E-state index in [0.717, 1.165) is 17.0 Å². The second kappa shape index (κ2) is 8.37. The Morgan fingerprint density at radius 1 is 1.14 bits per heavy atom. The Morgan fingerprint density at radius 3 is 2.55 bits per heavy atom. The lowest BCUT2D eigenvalue weighted by Gasteiger charge is -2.12. The summed E-state index contributed by atoms with van der Waals surface area (Å²) in [4.78, 5) is 13.1. The van der Waals surface area contributed by atoms with Gasteiger partial charge in [-0.25, -0.2) is 0 Å². The molecule has 2 N–H and O–H groups in total. The smallest absolute Gasteiger partial charge is 0.279 e. The van der Waals surface area contributed by atoms with Crippen LogP contribution in [0.4, 0.5) is 5.69 Å². The van der Waals surface area contributed by atoms with E-state index in [1.54, 1.807) is 12.1 Å². The van der Waals surface area contributed by atoms with Crippen molar-refractivity contribution < 1.29 is 9.69 Å². The Morgan fingerprint density at radius 2 is 1.82 bits per heavy atom. The van der Waals surface area contributed by atoms with Crippen molar-refractivity contribution in [3.63, 3.8) is 0 Å². The zero-order chi connectivity index (χ0) is 15.8. The predicted octanol–water partition coefficient (Wildman–Crippen LogP) is 2.51. The minimum Gasteiger partial charge on any atom is -0.326 e. The number of hydrogen-bond donors (Lipinski definition) is 2. The molecule has 2 rings (SSSR count).